The van der Waals surface area contributed by atoms with Crippen LogP contribution in [0, 0.1) is 0 Å². The number of oxazole rings is 1. The lowest BCUT2D eigenvalue weighted by molar-refractivity contribution is 0.0975. The van der Waals surface area contributed by atoms with Crippen LogP contribution in [0.15, 0.2) is 81.7 Å². The van der Waals surface area contributed by atoms with Gasteiger partial charge in [-0.15, -0.1) is 0 Å². The van der Waals surface area contributed by atoms with Gasteiger partial charge in [0.25, 0.3) is 5.91 Å². The van der Waals surface area contributed by atoms with Gasteiger partial charge < -0.3 is 14.5 Å². The second-order valence-electron chi connectivity index (χ2n) is 7.61. The molecule has 1 aromatic heterocycles. The Morgan fingerprint density at radius 1 is 1.09 bits per heavy atom. The molecule has 0 unspecified atom stereocenters. The number of anilines is 1. The molecule has 5 rings (SSSR count). The fourth-order valence-corrected chi connectivity index (χ4v) is 4.85. The largest absolute Gasteiger partial charge is 0.495 e. The normalized spacial score (nSPS) is 10.9. The van der Waals surface area contributed by atoms with Gasteiger partial charge in [0.1, 0.15) is 11.3 Å². The molecule has 5 aromatic rings. The van der Waals surface area contributed by atoms with Crippen LogP contribution in [0.5, 0.6) is 5.75 Å². The molecule has 0 bridgehead atoms. The van der Waals surface area contributed by atoms with E-state index >= 15 is 0 Å². The molecular formula is C26H17BrClN3O3S. The second-order valence-corrected chi connectivity index (χ2v) is 9.25. The minimum Gasteiger partial charge on any atom is -0.495 e. The van der Waals surface area contributed by atoms with Crippen molar-refractivity contribution in [3.8, 4) is 17.2 Å². The topological polar surface area (TPSA) is 76.4 Å². The predicted octanol–water partition coefficient (Wildman–Crippen LogP) is 7.20. The van der Waals surface area contributed by atoms with Gasteiger partial charge in [-0.2, -0.15) is 0 Å². The number of methoxy groups -OCH3 is 1. The van der Waals surface area contributed by atoms with Crippen LogP contribution >= 0.6 is 39.7 Å². The molecule has 0 radical (unpaired) electrons. The smallest absolute Gasteiger partial charge is 0.261 e. The number of hydrogen-bond acceptors (Lipinski definition) is 5. The third kappa shape index (κ3) is 4.73. The molecule has 0 aliphatic rings. The van der Waals surface area contributed by atoms with E-state index in [1.54, 1.807) is 24.3 Å². The summed E-state index contributed by atoms with van der Waals surface area (Å²) in [5.41, 5.74) is 3.09. The zero-order valence-electron chi connectivity index (χ0n) is 18.3. The van der Waals surface area contributed by atoms with Gasteiger partial charge in [0.2, 0.25) is 5.89 Å². The first kappa shape index (κ1) is 23.3. The molecule has 174 valence electrons. The summed E-state index contributed by atoms with van der Waals surface area (Å²) in [5, 5.41) is 8.34. The van der Waals surface area contributed by atoms with Crippen molar-refractivity contribution in [1.29, 1.82) is 0 Å². The SMILES string of the molecule is COc1c(C(=O)NC(=S)Nc2cccc(-c3nc4cc(Cl)ccc4o3)c2)cc2ccccc2c1Br. The Morgan fingerprint density at radius 3 is 2.74 bits per heavy atom. The minimum absolute atomic E-state index is 0.142. The molecule has 1 amide bonds. The van der Waals surface area contributed by atoms with Gasteiger partial charge in [0.05, 0.1) is 17.1 Å². The van der Waals surface area contributed by atoms with Crippen LogP contribution in [0.4, 0.5) is 5.69 Å². The second kappa shape index (κ2) is 9.65. The van der Waals surface area contributed by atoms with Crippen LogP contribution in [-0.2, 0) is 0 Å². The summed E-state index contributed by atoms with van der Waals surface area (Å²) in [5.74, 6) is 0.492. The van der Waals surface area contributed by atoms with Crippen LogP contribution in [0.2, 0.25) is 5.02 Å². The van der Waals surface area contributed by atoms with Crippen molar-refractivity contribution >= 4 is 78.3 Å². The third-order valence-corrected chi connectivity index (χ3v) is 6.56. The van der Waals surface area contributed by atoms with E-state index in [1.165, 1.54) is 7.11 Å². The first-order chi connectivity index (χ1) is 16.9. The van der Waals surface area contributed by atoms with Gasteiger partial charge in [-0.25, -0.2) is 4.98 Å². The van der Waals surface area contributed by atoms with Crippen LogP contribution in [0.1, 0.15) is 10.4 Å². The van der Waals surface area contributed by atoms with Crippen molar-refractivity contribution in [1.82, 2.24) is 10.3 Å². The monoisotopic (exact) mass is 565 g/mol. The van der Waals surface area contributed by atoms with Crippen LogP contribution in [0.25, 0.3) is 33.3 Å². The molecule has 0 atom stereocenters. The lowest BCUT2D eigenvalue weighted by atomic mass is 10.1. The summed E-state index contributed by atoms with van der Waals surface area (Å²) in [6, 6.07) is 22.1. The number of carbonyl (C=O) groups excluding carboxylic acids is 1. The fourth-order valence-electron chi connectivity index (χ4n) is 3.74. The Bertz CT molecular complexity index is 1620. The molecule has 0 saturated heterocycles. The van der Waals surface area contributed by atoms with Gasteiger partial charge in [0.15, 0.2) is 10.7 Å². The number of rotatable bonds is 4. The van der Waals surface area contributed by atoms with E-state index in [9.17, 15) is 4.79 Å². The highest BCUT2D eigenvalue weighted by molar-refractivity contribution is 9.10. The van der Waals surface area contributed by atoms with Crippen molar-refractivity contribution < 1.29 is 13.9 Å². The molecular weight excluding hydrogens is 550 g/mol. The maximum Gasteiger partial charge on any atom is 0.261 e. The van der Waals surface area contributed by atoms with E-state index in [-0.39, 0.29) is 5.11 Å². The maximum atomic E-state index is 13.1. The first-order valence-electron chi connectivity index (χ1n) is 10.5. The number of nitrogens with one attached hydrogen (secondary N) is 2. The lowest BCUT2D eigenvalue weighted by Gasteiger charge is -2.14. The van der Waals surface area contributed by atoms with E-state index in [0.29, 0.717) is 43.5 Å². The molecule has 35 heavy (non-hydrogen) atoms. The quantitative estimate of drug-likeness (QED) is 0.224. The zero-order valence-corrected chi connectivity index (χ0v) is 21.4. The van der Waals surface area contributed by atoms with Crippen molar-refractivity contribution in [2.75, 3.05) is 12.4 Å². The fraction of sp³-hybridized carbons (Fsp3) is 0.0385. The molecule has 6 nitrogen and oxygen atoms in total. The zero-order chi connectivity index (χ0) is 24.5. The predicted molar refractivity (Wildman–Crippen MR) is 146 cm³/mol. The van der Waals surface area contributed by atoms with E-state index in [4.69, 9.17) is 33.0 Å². The van der Waals surface area contributed by atoms with Crippen LogP contribution < -0.4 is 15.4 Å². The molecule has 0 aliphatic heterocycles. The standard InChI is InChI=1S/C26H17BrClN3O3S/c1-33-23-19(12-14-5-2-3-8-18(14)22(23)27)24(32)31-26(35)29-17-7-4-6-15(11-17)25-30-20-13-16(28)9-10-21(20)34-25/h2-13H,1H3,(H2,29,31,32,35). The average molecular weight is 567 g/mol. The highest BCUT2D eigenvalue weighted by Crippen LogP contribution is 2.36. The third-order valence-electron chi connectivity index (χ3n) is 5.33. The number of halogens is 2. The maximum absolute atomic E-state index is 13.1. The number of thiocarbonyl (C=S) groups is 1. The van der Waals surface area contributed by atoms with Gasteiger partial charge in [-0.3, -0.25) is 10.1 Å². The van der Waals surface area contributed by atoms with E-state index in [0.717, 1.165) is 16.3 Å². The summed E-state index contributed by atoms with van der Waals surface area (Å²) in [6.07, 6.45) is 0. The molecule has 1 heterocycles. The number of amides is 1. The molecule has 0 fully saturated rings. The Hall–Kier alpha value is -3.46. The summed E-state index contributed by atoms with van der Waals surface area (Å²) in [7, 11) is 1.52. The van der Waals surface area contributed by atoms with E-state index in [1.807, 2.05) is 48.5 Å². The van der Waals surface area contributed by atoms with Gasteiger partial charge >= 0.3 is 0 Å². The number of hydrogen-bond donors (Lipinski definition) is 2. The summed E-state index contributed by atoms with van der Waals surface area (Å²) < 4.78 is 12.1. The van der Waals surface area contributed by atoms with Crippen molar-refractivity contribution in [3.63, 3.8) is 0 Å². The molecule has 0 aliphatic carbocycles. The molecule has 2 N–H and O–H groups in total. The number of nitrogens with zero attached hydrogens (tertiary/aromatic N) is 1. The Balaban J connectivity index is 1.36. The minimum atomic E-state index is -0.391. The summed E-state index contributed by atoms with van der Waals surface area (Å²) >= 11 is 15.0. The van der Waals surface area contributed by atoms with Crippen molar-refractivity contribution in [2.45, 2.75) is 0 Å². The number of ether oxygens (including phenoxy) is 1. The Kier molecular flexibility index (Phi) is 6.42. The number of fused-ring (bicyclic) bond motifs is 2. The number of carbonyl (C=O) groups is 1. The highest BCUT2D eigenvalue weighted by atomic mass is 79.9. The Labute approximate surface area is 219 Å². The van der Waals surface area contributed by atoms with Gasteiger partial charge in [-0.05, 0) is 81.4 Å². The van der Waals surface area contributed by atoms with Gasteiger partial charge in [-0.1, -0.05) is 41.9 Å². The molecule has 4 aromatic carbocycles. The first-order valence-corrected chi connectivity index (χ1v) is 12.0. The number of aromatic nitrogens is 1. The van der Waals surface area contributed by atoms with Crippen LogP contribution in [0.3, 0.4) is 0 Å². The van der Waals surface area contributed by atoms with E-state index in [2.05, 4.69) is 31.5 Å². The van der Waals surface area contributed by atoms with Crippen molar-refractivity contribution in [2.24, 2.45) is 0 Å². The average Bonchev–Trinajstić information content (AvgIpc) is 3.27. The summed E-state index contributed by atoms with van der Waals surface area (Å²) in [6.45, 7) is 0. The van der Waals surface area contributed by atoms with Crippen molar-refractivity contribution in [3.05, 3.63) is 87.9 Å². The Morgan fingerprint density at radius 2 is 1.91 bits per heavy atom. The molecule has 0 saturated carbocycles. The van der Waals surface area contributed by atoms with E-state index < -0.39 is 5.91 Å². The summed E-state index contributed by atoms with van der Waals surface area (Å²) in [4.78, 5) is 17.6. The van der Waals surface area contributed by atoms with Crippen LogP contribution in [-0.4, -0.2) is 23.1 Å². The number of benzene rings is 4. The molecule has 0 spiro atoms. The highest BCUT2D eigenvalue weighted by Gasteiger charge is 2.19. The lowest BCUT2D eigenvalue weighted by Crippen LogP contribution is -2.34. The molecule has 9 heteroatoms. The van der Waals surface area contributed by atoms with Gasteiger partial charge in [0, 0.05) is 16.3 Å².